The average Bonchev–Trinajstić information content (AvgIpc) is 3.32. The summed E-state index contributed by atoms with van der Waals surface area (Å²) >= 11 is 9.46. The molecule has 29 heavy (non-hydrogen) atoms. The molecule has 0 unspecified atom stereocenters. The molecule has 0 aliphatic carbocycles. The quantitative estimate of drug-likeness (QED) is 0.481. The number of halogens is 1. The highest BCUT2D eigenvalue weighted by molar-refractivity contribution is 8.02. The molecule has 1 aromatic heterocycles. The number of imidazole rings is 1. The lowest BCUT2D eigenvalue weighted by atomic mass is 10.2. The van der Waals surface area contributed by atoms with E-state index >= 15 is 0 Å². The molecule has 1 aliphatic heterocycles. The minimum Gasteiger partial charge on any atom is -0.322 e. The molecule has 0 fully saturated rings. The number of benzene rings is 2. The fraction of sp³-hybridized carbons (Fsp3) is 0.190. The van der Waals surface area contributed by atoms with Crippen molar-refractivity contribution in [2.75, 3.05) is 12.0 Å². The summed E-state index contributed by atoms with van der Waals surface area (Å²) in [6.45, 7) is 0. The van der Waals surface area contributed by atoms with E-state index < -0.39 is 9.84 Å². The van der Waals surface area contributed by atoms with E-state index in [1.807, 2.05) is 43.4 Å². The Morgan fingerprint density at radius 3 is 2.38 bits per heavy atom. The zero-order valence-electron chi connectivity index (χ0n) is 15.9. The van der Waals surface area contributed by atoms with E-state index in [9.17, 15) is 8.42 Å². The van der Waals surface area contributed by atoms with E-state index in [0.717, 1.165) is 39.2 Å². The van der Waals surface area contributed by atoms with Crippen molar-refractivity contribution in [1.82, 2.24) is 9.55 Å². The van der Waals surface area contributed by atoms with Crippen molar-refractivity contribution in [1.29, 1.82) is 0 Å². The van der Waals surface area contributed by atoms with E-state index in [1.165, 1.54) is 11.8 Å². The number of hydrogen-bond acceptors (Lipinski definition) is 5. The number of hydrogen-bond donors (Lipinski definition) is 0. The molecule has 4 rings (SSSR count). The van der Waals surface area contributed by atoms with Gasteiger partial charge in [0, 0.05) is 40.1 Å². The van der Waals surface area contributed by atoms with E-state index in [-0.39, 0.29) is 0 Å². The van der Waals surface area contributed by atoms with Gasteiger partial charge in [-0.15, -0.1) is 11.8 Å². The van der Waals surface area contributed by atoms with Crippen molar-refractivity contribution in [2.45, 2.75) is 21.2 Å². The van der Waals surface area contributed by atoms with Gasteiger partial charge in [-0.25, -0.2) is 13.4 Å². The topological polar surface area (TPSA) is 52.0 Å². The van der Waals surface area contributed by atoms with Gasteiger partial charge in [-0.3, -0.25) is 0 Å². The van der Waals surface area contributed by atoms with Gasteiger partial charge in [0.1, 0.15) is 16.5 Å². The Morgan fingerprint density at radius 1 is 1.10 bits per heavy atom. The fourth-order valence-electron chi connectivity index (χ4n) is 3.10. The van der Waals surface area contributed by atoms with Crippen molar-refractivity contribution in [2.24, 2.45) is 7.05 Å². The Hall–Kier alpha value is -1.67. The number of rotatable bonds is 5. The van der Waals surface area contributed by atoms with Crippen molar-refractivity contribution in [3.8, 4) is 11.3 Å². The van der Waals surface area contributed by atoms with Crippen LogP contribution in [0.2, 0.25) is 5.02 Å². The summed E-state index contributed by atoms with van der Waals surface area (Å²) in [4.78, 5) is 6.32. The summed E-state index contributed by atoms with van der Waals surface area (Å²) in [5.74, 6) is 2.02. The van der Waals surface area contributed by atoms with Gasteiger partial charge in [-0.1, -0.05) is 35.5 Å². The minimum absolute atomic E-state index is 0.305. The summed E-state index contributed by atoms with van der Waals surface area (Å²) in [6.07, 6.45) is 2.21. The molecule has 0 saturated heterocycles. The summed E-state index contributed by atoms with van der Waals surface area (Å²) in [7, 11) is -1.21. The minimum atomic E-state index is -3.24. The molecule has 0 bridgehead atoms. The maximum atomic E-state index is 11.8. The summed E-state index contributed by atoms with van der Waals surface area (Å²) in [6, 6.07) is 14.6. The molecule has 0 spiro atoms. The molecular weight excluding hydrogens is 444 g/mol. The Morgan fingerprint density at radius 2 is 1.79 bits per heavy atom. The van der Waals surface area contributed by atoms with Crippen LogP contribution in [0.15, 0.2) is 68.8 Å². The highest BCUT2D eigenvalue weighted by Crippen LogP contribution is 2.40. The molecule has 4 nitrogen and oxygen atoms in total. The van der Waals surface area contributed by atoms with Crippen LogP contribution in [0.5, 0.6) is 0 Å². The Balaban J connectivity index is 1.80. The number of sulfone groups is 1. The van der Waals surface area contributed by atoms with Crippen molar-refractivity contribution < 1.29 is 8.42 Å². The molecule has 0 saturated carbocycles. The lowest BCUT2D eigenvalue weighted by Gasteiger charge is -2.08. The second kappa shape index (κ2) is 8.22. The second-order valence-corrected chi connectivity index (χ2v) is 11.3. The molecule has 1 aliphatic rings. The van der Waals surface area contributed by atoms with Crippen LogP contribution in [0.4, 0.5) is 0 Å². The monoisotopic (exact) mass is 462 g/mol. The van der Waals surface area contributed by atoms with Crippen LogP contribution in [-0.2, 0) is 16.9 Å². The Labute approximate surface area is 184 Å². The third-order valence-corrected chi connectivity index (χ3v) is 8.07. The zero-order valence-corrected chi connectivity index (χ0v) is 19.1. The molecular formula is C21H19ClN2O2S3. The molecule has 2 aromatic carbocycles. The Bertz CT molecular complexity index is 1180. The van der Waals surface area contributed by atoms with Crippen molar-refractivity contribution >= 4 is 50.5 Å². The molecule has 3 aromatic rings. The molecule has 8 heteroatoms. The van der Waals surface area contributed by atoms with E-state index in [0.29, 0.717) is 9.92 Å². The largest absolute Gasteiger partial charge is 0.322 e. The summed E-state index contributed by atoms with van der Waals surface area (Å²) in [5.41, 5.74) is 2.97. The van der Waals surface area contributed by atoms with Gasteiger partial charge < -0.3 is 4.57 Å². The van der Waals surface area contributed by atoms with Crippen molar-refractivity contribution in [3.63, 3.8) is 0 Å². The molecule has 2 heterocycles. The first kappa shape index (κ1) is 20.6. The first-order chi connectivity index (χ1) is 13.8. The smallest absolute Gasteiger partial charge is 0.175 e. The highest BCUT2D eigenvalue weighted by atomic mass is 35.5. The summed E-state index contributed by atoms with van der Waals surface area (Å²) < 4.78 is 25.7. The maximum absolute atomic E-state index is 11.8. The molecule has 150 valence electrons. The van der Waals surface area contributed by atoms with Gasteiger partial charge in [0.25, 0.3) is 0 Å². The van der Waals surface area contributed by atoms with Crippen LogP contribution in [-0.4, -0.2) is 30.0 Å². The Kier molecular flexibility index (Phi) is 5.84. The third-order valence-electron chi connectivity index (χ3n) is 4.63. The zero-order chi connectivity index (χ0) is 20.6. The molecule has 0 atom stereocenters. The SMILES string of the molecule is Cn1c(C2=CSCC2)nc(-c2ccc(S(C)(=O)=O)cc2)c1Sc1ccc(Cl)cc1. The lowest BCUT2D eigenvalue weighted by Crippen LogP contribution is -1.97. The van der Waals surface area contributed by atoms with Crippen LogP contribution >= 0.6 is 35.1 Å². The van der Waals surface area contributed by atoms with E-state index in [1.54, 1.807) is 35.7 Å². The van der Waals surface area contributed by atoms with E-state index in [4.69, 9.17) is 16.6 Å². The highest BCUT2D eigenvalue weighted by Gasteiger charge is 2.21. The molecule has 0 radical (unpaired) electrons. The van der Waals surface area contributed by atoms with Crippen LogP contribution < -0.4 is 0 Å². The first-order valence-electron chi connectivity index (χ1n) is 8.94. The number of thioether (sulfide) groups is 1. The van der Waals surface area contributed by atoms with Gasteiger partial charge in [0.2, 0.25) is 0 Å². The average molecular weight is 463 g/mol. The number of allylic oxidation sites excluding steroid dienone is 1. The normalized spacial score (nSPS) is 14.2. The van der Waals surface area contributed by atoms with Crippen LogP contribution in [0.3, 0.4) is 0 Å². The number of aromatic nitrogens is 2. The lowest BCUT2D eigenvalue weighted by molar-refractivity contribution is 0.602. The van der Waals surface area contributed by atoms with Gasteiger partial charge >= 0.3 is 0 Å². The predicted molar refractivity (Wildman–Crippen MR) is 122 cm³/mol. The van der Waals surface area contributed by atoms with Crippen molar-refractivity contribution in [3.05, 3.63) is 64.8 Å². The van der Waals surface area contributed by atoms with Gasteiger partial charge in [-0.05, 0) is 48.2 Å². The van der Waals surface area contributed by atoms with E-state index in [2.05, 4.69) is 9.98 Å². The number of nitrogens with zero attached hydrogens (tertiary/aromatic N) is 2. The first-order valence-corrected chi connectivity index (χ1v) is 13.1. The van der Waals surface area contributed by atoms with Gasteiger partial charge in [0.05, 0.1) is 4.90 Å². The standard InChI is InChI=1S/C21H19ClN2O2S3/c1-24-20(15-11-12-27-13-15)23-19(14-3-9-18(10-4-14)29(2,25)26)21(24)28-17-7-5-16(22)6-8-17/h3-10,13H,11-12H2,1-2H3. The van der Waals surface area contributed by atoms with Crippen LogP contribution in [0.25, 0.3) is 16.8 Å². The van der Waals surface area contributed by atoms with Gasteiger partial charge in [0.15, 0.2) is 9.84 Å². The van der Waals surface area contributed by atoms with Crippen LogP contribution in [0, 0.1) is 0 Å². The summed E-state index contributed by atoms with van der Waals surface area (Å²) in [5, 5.41) is 3.88. The third kappa shape index (κ3) is 4.43. The molecule has 0 amide bonds. The van der Waals surface area contributed by atoms with Gasteiger partial charge in [-0.2, -0.15) is 0 Å². The maximum Gasteiger partial charge on any atom is 0.175 e. The molecule has 0 N–H and O–H groups in total. The fourth-order valence-corrected chi connectivity index (χ4v) is 5.72. The predicted octanol–water partition coefficient (Wildman–Crippen LogP) is 5.77. The van der Waals surface area contributed by atoms with Crippen LogP contribution in [0.1, 0.15) is 12.2 Å². The second-order valence-electron chi connectivity index (χ2n) is 6.76.